The zero-order valence-electron chi connectivity index (χ0n) is 16.3. The molecule has 0 fully saturated rings. The van der Waals surface area contributed by atoms with E-state index in [1.165, 1.54) is 0 Å². The molecule has 5 heteroatoms. The fourth-order valence-corrected chi connectivity index (χ4v) is 3.12. The van der Waals surface area contributed by atoms with Crippen LogP contribution in [0, 0.1) is 6.92 Å². The number of benzene rings is 3. The van der Waals surface area contributed by atoms with Gasteiger partial charge in [0.2, 0.25) is 0 Å². The van der Waals surface area contributed by atoms with E-state index in [1.807, 2.05) is 44.2 Å². The number of halogens is 1. The molecule has 1 N–H and O–H groups in total. The Morgan fingerprint density at radius 3 is 2.45 bits per heavy atom. The summed E-state index contributed by atoms with van der Waals surface area (Å²) >= 11 is 6.11. The van der Waals surface area contributed by atoms with E-state index in [2.05, 4.69) is 5.32 Å². The maximum absolute atomic E-state index is 12.9. The predicted octanol–water partition coefficient (Wildman–Crippen LogP) is 5.68. The SMILES string of the molecule is CC[C@H](Oc1cccc(C)c1)C(=O)Nc1ccc(Cl)cc1C(=O)c1ccccc1. The molecule has 3 rings (SSSR count). The van der Waals surface area contributed by atoms with Crippen molar-refractivity contribution < 1.29 is 14.3 Å². The van der Waals surface area contributed by atoms with Gasteiger partial charge in [-0.25, -0.2) is 0 Å². The predicted molar refractivity (Wildman–Crippen MR) is 116 cm³/mol. The molecule has 1 atom stereocenters. The standard InChI is InChI=1S/C24H22ClNO3/c1-3-22(29-19-11-7-8-16(2)14-19)24(28)26-21-13-12-18(25)15-20(21)23(27)17-9-5-4-6-10-17/h4-15,22H,3H2,1-2H3,(H,26,28)/t22-/m0/s1. The number of hydrogen-bond acceptors (Lipinski definition) is 3. The van der Waals surface area contributed by atoms with Crippen LogP contribution < -0.4 is 10.1 Å². The Morgan fingerprint density at radius 1 is 1.00 bits per heavy atom. The number of aryl methyl sites for hydroxylation is 1. The van der Waals surface area contributed by atoms with Crippen LogP contribution in [0.5, 0.6) is 5.75 Å². The van der Waals surface area contributed by atoms with Crippen LogP contribution in [0.25, 0.3) is 0 Å². The van der Waals surface area contributed by atoms with Crippen molar-refractivity contribution in [2.75, 3.05) is 5.32 Å². The highest BCUT2D eigenvalue weighted by molar-refractivity contribution is 6.31. The molecule has 0 aliphatic carbocycles. The Labute approximate surface area is 175 Å². The van der Waals surface area contributed by atoms with Crippen molar-refractivity contribution in [3.8, 4) is 5.75 Å². The van der Waals surface area contributed by atoms with Gasteiger partial charge in [-0.05, 0) is 49.2 Å². The molecular weight excluding hydrogens is 386 g/mol. The van der Waals surface area contributed by atoms with Crippen molar-refractivity contribution >= 4 is 29.0 Å². The van der Waals surface area contributed by atoms with Gasteiger partial charge >= 0.3 is 0 Å². The third-order valence-corrected chi connectivity index (χ3v) is 4.69. The molecule has 0 radical (unpaired) electrons. The van der Waals surface area contributed by atoms with E-state index in [0.717, 1.165) is 5.56 Å². The van der Waals surface area contributed by atoms with E-state index >= 15 is 0 Å². The van der Waals surface area contributed by atoms with Gasteiger partial charge in [0.05, 0.1) is 5.69 Å². The molecule has 0 heterocycles. The summed E-state index contributed by atoms with van der Waals surface area (Å²) in [7, 11) is 0. The highest BCUT2D eigenvalue weighted by atomic mass is 35.5. The maximum atomic E-state index is 12.9. The Kier molecular flexibility index (Phi) is 6.68. The minimum atomic E-state index is -0.688. The lowest BCUT2D eigenvalue weighted by Gasteiger charge is -2.19. The first-order valence-electron chi connectivity index (χ1n) is 9.41. The molecule has 0 spiro atoms. The fraction of sp³-hybridized carbons (Fsp3) is 0.167. The minimum absolute atomic E-state index is 0.212. The first-order chi connectivity index (χ1) is 14.0. The normalized spacial score (nSPS) is 11.6. The summed E-state index contributed by atoms with van der Waals surface area (Å²) in [5.74, 6) is 0.0955. The second-order valence-electron chi connectivity index (χ2n) is 6.71. The maximum Gasteiger partial charge on any atom is 0.265 e. The molecule has 0 aliphatic heterocycles. The molecule has 3 aromatic rings. The number of carbonyl (C=O) groups excluding carboxylic acids is 2. The van der Waals surface area contributed by atoms with E-state index in [0.29, 0.717) is 34.0 Å². The molecule has 0 aliphatic rings. The molecule has 0 unspecified atom stereocenters. The van der Waals surface area contributed by atoms with Crippen molar-refractivity contribution in [3.05, 3.63) is 94.5 Å². The van der Waals surface area contributed by atoms with Crippen LogP contribution in [0.4, 0.5) is 5.69 Å². The summed E-state index contributed by atoms with van der Waals surface area (Å²) in [5.41, 5.74) is 2.31. The van der Waals surface area contributed by atoms with Crippen LogP contribution in [0.1, 0.15) is 34.8 Å². The van der Waals surface area contributed by atoms with Gasteiger partial charge in [-0.3, -0.25) is 9.59 Å². The van der Waals surface area contributed by atoms with Gasteiger partial charge in [-0.2, -0.15) is 0 Å². The first-order valence-corrected chi connectivity index (χ1v) is 9.79. The van der Waals surface area contributed by atoms with Crippen molar-refractivity contribution in [2.24, 2.45) is 0 Å². The smallest absolute Gasteiger partial charge is 0.265 e. The highest BCUT2D eigenvalue weighted by Gasteiger charge is 2.22. The van der Waals surface area contributed by atoms with Crippen molar-refractivity contribution in [3.63, 3.8) is 0 Å². The number of nitrogens with one attached hydrogen (secondary N) is 1. The average Bonchev–Trinajstić information content (AvgIpc) is 2.73. The van der Waals surface area contributed by atoms with E-state index in [1.54, 1.807) is 42.5 Å². The van der Waals surface area contributed by atoms with Crippen molar-refractivity contribution in [2.45, 2.75) is 26.4 Å². The number of carbonyl (C=O) groups is 2. The molecule has 29 heavy (non-hydrogen) atoms. The largest absolute Gasteiger partial charge is 0.481 e. The third kappa shape index (κ3) is 5.24. The topological polar surface area (TPSA) is 55.4 Å². The molecule has 0 aromatic heterocycles. The van der Waals surface area contributed by atoms with Crippen LogP contribution in [-0.4, -0.2) is 17.8 Å². The lowest BCUT2D eigenvalue weighted by molar-refractivity contribution is -0.122. The molecule has 0 saturated carbocycles. The monoisotopic (exact) mass is 407 g/mol. The Balaban J connectivity index is 1.83. The van der Waals surface area contributed by atoms with Crippen molar-refractivity contribution in [1.82, 2.24) is 0 Å². The zero-order valence-corrected chi connectivity index (χ0v) is 17.1. The average molecular weight is 408 g/mol. The number of ether oxygens (including phenoxy) is 1. The number of hydrogen-bond donors (Lipinski definition) is 1. The van der Waals surface area contributed by atoms with Gasteiger partial charge in [-0.1, -0.05) is 61.0 Å². The minimum Gasteiger partial charge on any atom is -0.481 e. The number of amides is 1. The van der Waals surface area contributed by atoms with Crippen molar-refractivity contribution in [1.29, 1.82) is 0 Å². The van der Waals surface area contributed by atoms with Gasteiger partial charge in [0, 0.05) is 16.1 Å². The van der Waals surface area contributed by atoms with Crippen LogP contribution in [0.2, 0.25) is 5.02 Å². The summed E-state index contributed by atoms with van der Waals surface area (Å²) in [6.45, 7) is 3.83. The zero-order chi connectivity index (χ0) is 20.8. The van der Waals surface area contributed by atoms with E-state index in [4.69, 9.17) is 16.3 Å². The molecule has 0 bridgehead atoms. The lowest BCUT2D eigenvalue weighted by atomic mass is 10.0. The first kappa shape index (κ1) is 20.6. The number of anilines is 1. The van der Waals surface area contributed by atoms with Crippen LogP contribution >= 0.6 is 11.6 Å². The van der Waals surface area contributed by atoms with E-state index < -0.39 is 6.10 Å². The van der Waals surface area contributed by atoms with Crippen LogP contribution in [0.3, 0.4) is 0 Å². The second-order valence-corrected chi connectivity index (χ2v) is 7.14. The molecule has 3 aromatic carbocycles. The lowest BCUT2D eigenvalue weighted by Crippen LogP contribution is -2.33. The second kappa shape index (κ2) is 9.39. The van der Waals surface area contributed by atoms with Gasteiger partial charge in [0.25, 0.3) is 5.91 Å². The Hall–Kier alpha value is -3.11. The Morgan fingerprint density at radius 2 is 1.76 bits per heavy atom. The summed E-state index contributed by atoms with van der Waals surface area (Å²) in [6, 6.07) is 21.2. The molecule has 0 saturated heterocycles. The molecular formula is C24H22ClNO3. The summed E-state index contributed by atoms with van der Waals surface area (Å²) in [4.78, 5) is 25.8. The fourth-order valence-electron chi connectivity index (χ4n) is 2.95. The van der Waals surface area contributed by atoms with Crippen LogP contribution in [-0.2, 0) is 4.79 Å². The number of ketones is 1. The summed E-state index contributed by atoms with van der Waals surface area (Å²) in [6.07, 6.45) is -0.206. The van der Waals surface area contributed by atoms with Crippen LogP contribution in [0.15, 0.2) is 72.8 Å². The Bertz CT molecular complexity index is 1020. The molecule has 1 amide bonds. The van der Waals surface area contributed by atoms with E-state index in [9.17, 15) is 9.59 Å². The third-order valence-electron chi connectivity index (χ3n) is 4.45. The van der Waals surface area contributed by atoms with Gasteiger partial charge < -0.3 is 10.1 Å². The summed E-state index contributed by atoms with van der Waals surface area (Å²) in [5, 5.41) is 3.25. The quantitative estimate of drug-likeness (QED) is 0.513. The van der Waals surface area contributed by atoms with Gasteiger partial charge in [0.15, 0.2) is 11.9 Å². The molecule has 148 valence electrons. The van der Waals surface area contributed by atoms with Gasteiger partial charge in [0.1, 0.15) is 5.75 Å². The summed E-state index contributed by atoms with van der Waals surface area (Å²) < 4.78 is 5.86. The molecule has 4 nitrogen and oxygen atoms in total. The van der Waals surface area contributed by atoms with E-state index in [-0.39, 0.29) is 11.7 Å². The number of rotatable bonds is 7. The van der Waals surface area contributed by atoms with Gasteiger partial charge in [-0.15, -0.1) is 0 Å². The highest BCUT2D eigenvalue weighted by Crippen LogP contribution is 2.25.